The van der Waals surface area contributed by atoms with E-state index in [0.717, 1.165) is 0 Å². The Kier molecular flexibility index (Phi) is 4.82. The summed E-state index contributed by atoms with van der Waals surface area (Å²) in [5.41, 5.74) is 2.62. The molecule has 0 bridgehead atoms. The van der Waals surface area contributed by atoms with Crippen LogP contribution in [-0.4, -0.2) is 34.1 Å². The van der Waals surface area contributed by atoms with Gasteiger partial charge in [0.15, 0.2) is 0 Å². The first kappa shape index (κ1) is 16.5. The van der Waals surface area contributed by atoms with E-state index in [1.165, 1.54) is 0 Å². The molecule has 0 unspecified atom stereocenters. The number of hydrogen-bond donors (Lipinski definition) is 4. The van der Waals surface area contributed by atoms with Crippen LogP contribution in [0, 0.1) is 6.92 Å². The molecule has 114 valence electrons. The lowest BCUT2D eigenvalue weighted by molar-refractivity contribution is -0.0373. The third kappa shape index (κ3) is 3.97. The van der Waals surface area contributed by atoms with E-state index in [1.54, 1.807) is 6.92 Å². The fraction of sp³-hybridized carbons (Fsp3) is 0.667. The number of halogens is 2. The van der Waals surface area contributed by atoms with Crippen molar-refractivity contribution in [2.75, 3.05) is 23.9 Å². The molecule has 8 heteroatoms. The predicted octanol–water partition coefficient (Wildman–Crippen LogP) is 1.41. The highest BCUT2D eigenvalue weighted by molar-refractivity contribution is 5.57. The molecule has 0 aliphatic carbocycles. The highest BCUT2D eigenvalue weighted by Gasteiger charge is 2.28. The van der Waals surface area contributed by atoms with Crippen LogP contribution in [0.1, 0.15) is 32.2 Å². The van der Waals surface area contributed by atoms with Gasteiger partial charge in [-0.1, -0.05) is 20.8 Å². The minimum absolute atomic E-state index is 0.269. The van der Waals surface area contributed by atoms with Crippen LogP contribution in [0.4, 0.5) is 20.4 Å². The zero-order chi connectivity index (χ0) is 15.6. The molecule has 1 aromatic rings. The minimum atomic E-state index is -3.21. The van der Waals surface area contributed by atoms with Gasteiger partial charge in [-0.25, -0.2) is 24.6 Å². The summed E-state index contributed by atoms with van der Waals surface area (Å²) in [7, 11) is 0. The van der Waals surface area contributed by atoms with Crippen molar-refractivity contribution in [1.82, 2.24) is 9.97 Å². The van der Waals surface area contributed by atoms with Crippen molar-refractivity contribution < 1.29 is 13.9 Å². The molecule has 0 aromatic carbocycles. The molecule has 0 atom stereocenters. The number of aliphatic hydroxyl groups excluding tert-OH is 1. The summed E-state index contributed by atoms with van der Waals surface area (Å²) in [4.78, 5) is 8.52. The van der Waals surface area contributed by atoms with E-state index in [2.05, 4.69) is 20.7 Å². The van der Waals surface area contributed by atoms with E-state index in [9.17, 15) is 8.78 Å². The number of aliphatic hydroxyl groups is 1. The van der Waals surface area contributed by atoms with Gasteiger partial charge >= 0.3 is 0 Å². The van der Waals surface area contributed by atoms with Crippen molar-refractivity contribution in [3.63, 3.8) is 0 Å². The van der Waals surface area contributed by atoms with Crippen molar-refractivity contribution in [1.29, 1.82) is 0 Å². The average molecular weight is 289 g/mol. The lowest BCUT2D eigenvalue weighted by Gasteiger charge is -2.21. The average Bonchev–Trinajstić information content (AvgIpc) is 2.36. The molecule has 0 aliphatic rings. The first-order valence-electron chi connectivity index (χ1n) is 6.19. The molecule has 0 spiro atoms. The molecule has 1 heterocycles. The monoisotopic (exact) mass is 289 g/mol. The predicted molar refractivity (Wildman–Crippen MR) is 73.8 cm³/mol. The maximum absolute atomic E-state index is 13.1. The fourth-order valence-corrected chi connectivity index (χ4v) is 1.43. The summed E-state index contributed by atoms with van der Waals surface area (Å²) in [6.45, 7) is 5.45. The van der Waals surface area contributed by atoms with Crippen molar-refractivity contribution in [2.24, 2.45) is 5.84 Å². The Morgan fingerprint density at radius 3 is 2.20 bits per heavy atom. The quantitative estimate of drug-likeness (QED) is 0.483. The zero-order valence-corrected chi connectivity index (χ0v) is 12.1. The number of nitrogens with one attached hydrogen (secondary N) is 2. The second-order valence-corrected chi connectivity index (χ2v) is 5.63. The van der Waals surface area contributed by atoms with Crippen molar-refractivity contribution in [2.45, 2.75) is 39.0 Å². The summed E-state index contributed by atoms with van der Waals surface area (Å²) in [6.07, 6.45) is 0. The van der Waals surface area contributed by atoms with E-state index in [-0.39, 0.29) is 11.2 Å². The third-order valence-corrected chi connectivity index (χ3v) is 2.70. The van der Waals surface area contributed by atoms with Crippen LogP contribution < -0.4 is 16.6 Å². The molecule has 1 aromatic heterocycles. The SMILES string of the molecule is Cc1c(NN)nc(C(C)(C)C)nc1NCC(F)(F)CO. The minimum Gasteiger partial charge on any atom is -0.390 e. The standard InChI is InChI=1S/C12H21F2N5O/c1-7-8(16-5-12(13,14)6-20)17-10(11(2,3)4)18-9(7)19-15/h20H,5-6,15H2,1-4H3,(H2,16,17,18,19). The van der Waals surface area contributed by atoms with Gasteiger partial charge in [0.1, 0.15) is 24.1 Å². The number of alkyl halides is 2. The molecule has 5 N–H and O–H groups in total. The maximum atomic E-state index is 13.1. The highest BCUT2D eigenvalue weighted by Crippen LogP contribution is 2.26. The number of aromatic nitrogens is 2. The van der Waals surface area contributed by atoms with Gasteiger partial charge in [-0.05, 0) is 6.92 Å². The zero-order valence-electron chi connectivity index (χ0n) is 12.1. The lowest BCUT2D eigenvalue weighted by Crippen LogP contribution is -2.32. The lowest BCUT2D eigenvalue weighted by atomic mass is 9.95. The summed E-state index contributed by atoms with van der Waals surface area (Å²) < 4.78 is 26.2. The van der Waals surface area contributed by atoms with E-state index >= 15 is 0 Å². The van der Waals surface area contributed by atoms with Crippen LogP contribution in [0.5, 0.6) is 0 Å². The second kappa shape index (κ2) is 5.84. The Morgan fingerprint density at radius 1 is 1.20 bits per heavy atom. The van der Waals surface area contributed by atoms with Gasteiger partial charge in [0.25, 0.3) is 5.92 Å². The van der Waals surface area contributed by atoms with Gasteiger partial charge in [0, 0.05) is 11.0 Å². The Morgan fingerprint density at radius 2 is 1.75 bits per heavy atom. The Labute approximate surface area is 116 Å². The largest absolute Gasteiger partial charge is 0.390 e. The number of nitrogens with zero attached hydrogens (tertiary/aromatic N) is 2. The summed E-state index contributed by atoms with van der Waals surface area (Å²) in [5.74, 6) is 3.29. The number of nitrogens with two attached hydrogens (primary N) is 1. The van der Waals surface area contributed by atoms with E-state index < -0.39 is 19.1 Å². The molecular formula is C12H21F2N5O. The molecule has 0 radical (unpaired) electrons. The summed E-state index contributed by atoms with van der Waals surface area (Å²) in [5, 5.41) is 11.1. The molecule has 0 amide bonds. The van der Waals surface area contributed by atoms with Crippen LogP contribution in [0.15, 0.2) is 0 Å². The Balaban J connectivity index is 3.12. The van der Waals surface area contributed by atoms with E-state index in [0.29, 0.717) is 17.2 Å². The van der Waals surface area contributed by atoms with E-state index in [4.69, 9.17) is 10.9 Å². The second-order valence-electron chi connectivity index (χ2n) is 5.63. The van der Waals surface area contributed by atoms with Crippen molar-refractivity contribution in [3.05, 3.63) is 11.4 Å². The molecule has 20 heavy (non-hydrogen) atoms. The normalized spacial score (nSPS) is 12.4. The smallest absolute Gasteiger partial charge is 0.287 e. The highest BCUT2D eigenvalue weighted by atomic mass is 19.3. The van der Waals surface area contributed by atoms with Crippen LogP contribution in [-0.2, 0) is 5.41 Å². The van der Waals surface area contributed by atoms with Crippen molar-refractivity contribution in [3.8, 4) is 0 Å². The number of hydrogen-bond acceptors (Lipinski definition) is 6. The number of hydrazine groups is 1. The molecule has 0 saturated heterocycles. The van der Waals surface area contributed by atoms with Crippen molar-refractivity contribution >= 4 is 11.6 Å². The first-order chi connectivity index (χ1) is 9.10. The van der Waals surface area contributed by atoms with Gasteiger partial charge in [-0.15, -0.1) is 0 Å². The van der Waals surface area contributed by atoms with Gasteiger partial charge in [0.2, 0.25) is 0 Å². The van der Waals surface area contributed by atoms with Gasteiger partial charge in [-0.2, -0.15) is 0 Å². The van der Waals surface area contributed by atoms with Gasteiger partial charge in [-0.3, -0.25) is 0 Å². The first-order valence-corrected chi connectivity index (χ1v) is 6.19. The number of nitrogen functional groups attached to an aromatic ring is 1. The molecular weight excluding hydrogens is 268 g/mol. The third-order valence-electron chi connectivity index (χ3n) is 2.70. The van der Waals surface area contributed by atoms with Crippen LogP contribution in [0.25, 0.3) is 0 Å². The van der Waals surface area contributed by atoms with Gasteiger partial charge in [0.05, 0.1) is 6.54 Å². The maximum Gasteiger partial charge on any atom is 0.287 e. The molecule has 0 aliphatic heterocycles. The number of rotatable bonds is 5. The molecule has 6 nitrogen and oxygen atoms in total. The Bertz CT molecular complexity index is 474. The molecule has 1 rings (SSSR count). The fourth-order valence-electron chi connectivity index (χ4n) is 1.43. The van der Waals surface area contributed by atoms with Crippen LogP contribution in [0.3, 0.4) is 0 Å². The number of anilines is 2. The summed E-state index contributed by atoms with van der Waals surface area (Å²) >= 11 is 0. The van der Waals surface area contributed by atoms with E-state index in [1.807, 2.05) is 20.8 Å². The van der Waals surface area contributed by atoms with Crippen LogP contribution >= 0.6 is 0 Å². The summed E-state index contributed by atoms with van der Waals surface area (Å²) in [6, 6.07) is 0. The van der Waals surface area contributed by atoms with Gasteiger partial charge < -0.3 is 15.8 Å². The molecule has 0 saturated carbocycles. The topological polar surface area (TPSA) is 96.1 Å². The molecule has 0 fully saturated rings. The van der Waals surface area contributed by atoms with Crippen LogP contribution in [0.2, 0.25) is 0 Å². The Hall–Kier alpha value is -1.54.